The number of hydrogen-bond donors (Lipinski definition) is 1. The van der Waals surface area contributed by atoms with Gasteiger partial charge in [0, 0.05) is 38.8 Å². The van der Waals surface area contributed by atoms with E-state index in [1.54, 1.807) is 0 Å². The minimum absolute atomic E-state index is 0.782. The Morgan fingerprint density at radius 3 is 2.50 bits per heavy atom. The Morgan fingerprint density at radius 2 is 1.93 bits per heavy atom. The van der Waals surface area contributed by atoms with Crippen LogP contribution in [0.25, 0.3) is 0 Å². The highest BCUT2D eigenvalue weighted by Gasteiger charge is 2.29. The zero-order chi connectivity index (χ0) is 9.97. The zero-order valence-corrected chi connectivity index (χ0v) is 9.50. The van der Waals surface area contributed by atoms with Crippen molar-refractivity contribution in [2.24, 2.45) is 5.92 Å². The molecule has 1 N–H and O–H groups in total. The van der Waals surface area contributed by atoms with Gasteiger partial charge in [0.2, 0.25) is 0 Å². The van der Waals surface area contributed by atoms with Crippen molar-refractivity contribution in [3.63, 3.8) is 0 Å². The quantitative estimate of drug-likeness (QED) is 0.684. The van der Waals surface area contributed by atoms with Gasteiger partial charge in [-0.05, 0) is 32.9 Å². The summed E-state index contributed by atoms with van der Waals surface area (Å²) in [5.74, 6) is 0.901. The molecule has 14 heavy (non-hydrogen) atoms. The number of piperazine rings is 1. The van der Waals surface area contributed by atoms with E-state index in [1.165, 1.54) is 45.7 Å². The third-order valence-electron chi connectivity index (χ3n) is 3.93. The Labute approximate surface area is 87.4 Å². The van der Waals surface area contributed by atoms with E-state index in [0.717, 1.165) is 12.0 Å². The molecule has 0 amide bonds. The van der Waals surface area contributed by atoms with Gasteiger partial charge in [-0.1, -0.05) is 0 Å². The maximum atomic E-state index is 3.41. The zero-order valence-electron chi connectivity index (χ0n) is 9.50. The molecule has 0 spiro atoms. The summed E-state index contributed by atoms with van der Waals surface area (Å²) in [4.78, 5) is 5.11. The first-order valence-electron chi connectivity index (χ1n) is 5.90. The molecule has 0 saturated carbocycles. The van der Waals surface area contributed by atoms with Gasteiger partial charge in [-0.2, -0.15) is 0 Å². The van der Waals surface area contributed by atoms with Crippen LogP contribution in [0.15, 0.2) is 0 Å². The van der Waals surface area contributed by atoms with Crippen LogP contribution in [-0.4, -0.2) is 62.2 Å². The molecule has 2 saturated heterocycles. The maximum Gasteiger partial charge on any atom is 0.0107 e. The van der Waals surface area contributed by atoms with Gasteiger partial charge in [-0.25, -0.2) is 0 Å². The fraction of sp³-hybridized carbons (Fsp3) is 1.00. The molecule has 3 heteroatoms. The van der Waals surface area contributed by atoms with Gasteiger partial charge in [-0.3, -0.25) is 0 Å². The van der Waals surface area contributed by atoms with Crippen molar-refractivity contribution in [2.75, 3.05) is 46.3 Å². The van der Waals surface area contributed by atoms with Gasteiger partial charge in [0.15, 0.2) is 0 Å². The van der Waals surface area contributed by atoms with E-state index >= 15 is 0 Å². The maximum absolute atomic E-state index is 3.41. The second-order valence-corrected chi connectivity index (χ2v) is 4.82. The normalized spacial score (nSPS) is 36.4. The van der Waals surface area contributed by atoms with E-state index in [9.17, 15) is 0 Å². The SMILES string of the molecule is C[C@H]1[C@H](CN2CCNCC2)CCN1C. The van der Waals surface area contributed by atoms with Gasteiger partial charge in [-0.15, -0.1) is 0 Å². The molecule has 0 aromatic heterocycles. The molecule has 2 heterocycles. The summed E-state index contributed by atoms with van der Waals surface area (Å²) >= 11 is 0. The van der Waals surface area contributed by atoms with E-state index in [-0.39, 0.29) is 0 Å². The summed E-state index contributed by atoms with van der Waals surface area (Å²) in [5.41, 5.74) is 0. The number of rotatable bonds is 2. The van der Waals surface area contributed by atoms with E-state index in [0.29, 0.717) is 0 Å². The van der Waals surface area contributed by atoms with Crippen LogP contribution >= 0.6 is 0 Å². The van der Waals surface area contributed by atoms with Crippen LogP contribution in [-0.2, 0) is 0 Å². The Balaban J connectivity index is 1.79. The topological polar surface area (TPSA) is 18.5 Å². The number of likely N-dealkylation sites (tertiary alicyclic amines) is 1. The highest BCUT2D eigenvalue weighted by molar-refractivity contribution is 4.84. The van der Waals surface area contributed by atoms with Crippen molar-refractivity contribution >= 4 is 0 Å². The fourth-order valence-corrected chi connectivity index (χ4v) is 2.64. The predicted octanol–water partition coefficient (Wildman–Crippen LogP) is 0.232. The third kappa shape index (κ3) is 2.27. The van der Waals surface area contributed by atoms with Crippen LogP contribution in [0.5, 0.6) is 0 Å². The minimum atomic E-state index is 0.782. The van der Waals surface area contributed by atoms with Crippen LogP contribution in [0, 0.1) is 5.92 Å². The molecule has 2 fully saturated rings. The molecule has 2 aliphatic heterocycles. The molecule has 0 aromatic carbocycles. The first-order valence-corrected chi connectivity index (χ1v) is 5.90. The van der Waals surface area contributed by atoms with Crippen molar-refractivity contribution in [1.82, 2.24) is 15.1 Å². The molecule has 0 aliphatic carbocycles. The second-order valence-electron chi connectivity index (χ2n) is 4.82. The van der Waals surface area contributed by atoms with Crippen LogP contribution in [0.4, 0.5) is 0 Å². The van der Waals surface area contributed by atoms with Gasteiger partial charge < -0.3 is 15.1 Å². The van der Waals surface area contributed by atoms with E-state index in [4.69, 9.17) is 0 Å². The van der Waals surface area contributed by atoms with Gasteiger partial charge in [0.1, 0.15) is 0 Å². The number of nitrogens with one attached hydrogen (secondary N) is 1. The molecule has 0 bridgehead atoms. The predicted molar refractivity (Wildman–Crippen MR) is 59.5 cm³/mol. The molecular weight excluding hydrogens is 174 g/mol. The minimum Gasteiger partial charge on any atom is -0.314 e. The largest absolute Gasteiger partial charge is 0.314 e. The summed E-state index contributed by atoms with van der Waals surface area (Å²) < 4.78 is 0. The second kappa shape index (κ2) is 4.60. The van der Waals surface area contributed by atoms with Gasteiger partial charge in [0.05, 0.1) is 0 Å². The smallest absolute Gasteiger partial charge is 0.0107 e. The highest BCUT2D eigenvalue weighted by Crippen LogP contribution is 2.23. The number of hydrogen-bond acceptors (Lipinski definition) is 3. The third-order valence-corrected chi connectivity index (χ3v) is 3.93. The first-order chi connectivity index (χ1) is 6.77. The van der Waals surface area contributed by atoms with Crippen molar-refractivity contribution in [1.29, 1.82) is 0 Å². The summed E-state index contributed by atoms with van der Waals surface area (Å²) in [6.07, 6.45) is 1.39. The van der Waals surface area contributed by atoms with E-state index in [2.05, 4.69) is 29.1 Å². The van der Waals surface area contributed by atoms with Gasteiger partial charge in [0.25, 0.3) is 0 Å². The summed E-state index contributed by atoms with van der Waals surface area (Å²) in [5, 5.41) is 3.41. The van der Waals surface area contributed by atoms with Gasteiger partial charge >= 0.3 is 0 Å². The summed E-state index contributed by atoms with van der Waals surface area (Å²) in [6.45, 7) is 9.82. The average molecular weight is 197 g/mol. The van der Waals surface area contributed by atoms with Crippen LogP contribution in [0.2, 0.25) is 0 Å². The van der Waals surface area contributed by atoms with Crippen molar-refractivity contribution in [3.8, 4) is 0 Å². The molecule has 0 radical (unpaired) electrons. The van der Waals surface area contributed by atoms with Crippen molar-refractivity contribution in [3.05, 3.63) is 0 Å². The molecule has 2 atom stereocenters. The molecule has 82 valence electrons. The molecule has 0 aromatic rings. The molecule has 2 rings (SSSR count). The Morgan fingerprint density at radius 1 is 1.21 bits per heavy atom. The molecular formula is C11H23N3. The lowest BCUT2D eigenvalue weighted by Crippen LogP contribution is -2.46. The van der Waals surface area contributed by atoms with Crippen molar-refractivity contribution < 1.29 is 0 Å². The Bertz CT molecular complexity index is 177. The lowest BCUT2D eigenvalue weighted by molar-refractivity contribution is 0.183. The molecule has 3 nitrogen and oxygen atoms in total. The van der Waals surface area contributed by atoms with Crippen molar-refractivity contribution in [2.45, 2.75) is 19.4 Å². The standard InChI is InChI=1S/C11H23N3/c1-10-11(3-6-13(10)2)9-14-7-4-12-5-8-14/h10-12H,3-9H2,1-2H3/t10-,11-/m0/s1. The molecule has 0 unspecified atom stereocenters. The monoisotopic (exact) mass is 197 g/mol. The summed E-state index contributed by atoms with van der Waals surface area (Å²) in [6, 6.07) is 0.782. The number of nitrogens with zero attached hydrogens (tertiary/aromatic N) is 2. The van der Waals surface area contributed by atoms with E-state index < -0.39 is 0 Å². The van der Waals surface area contributed by atoms with Crippen LogP contribution < -0.4 is 5.32 Å². The Hall–Kier alpha value is -0.120. The van der Waals surface area contributed by atoms with Crippen LogP contribution in [0.3, 0.4) is 0 Å². The lowest BCUT2D eigenvalue weighted by atomic mass is 10.0. The first kappa shape index (κ1) is 10.4. The summed E-state index contributed by atoms with van der Waals surface area (Å²) in [7, 11) is 2.25. The van der Waals surface area contributed by atoms with E-state index in [1.807, 2.05) is 0 Å². The fourth-order valence-electron chi connectivity index (χ4n) is 2.64. The average Bonchev–Trinajstić information content (AvgIpc) is 2.52. The Kier molecular flexibility index (Phi) is 3.42. The molecule has 2 aliphatic rings. The lowest BCUT2D eigenvalue weighted by Gasteiger charge is -2.31. The highest BCUT2D eigenvalue weighted by atomic mass is 15.2. The van der Waals surface area contributed by atoms with Crippen LogP contribution in [0.1, 0.15) is 13.3 Å².